The van der Waals surface area contributed by atoms with E-state index >= 15 is 0 Å². The third-order valence-corrected chi connectivity index (χ3v) is 2.79. The standard InChI is InChI=1S/C10H10F2N2O2/c11-10(12)5-9(13,6-10)7-3-1-2-4-8(7)14(15)16/h1-4H,5-6,13H2. The maximum Gasteiger partial charge on any atom is 0.274 e. The van der Waals surface area contributed by atoms with E-state index in [9.17, 15) is 18.9 Å². The van der Waals surface area contributed by atoms with Crippen LogP contribution in [0.25, 0.3) is 0 Å². The van der Waals surface area contributed by atoms with Crippen molar-refractivity contribution in [1.29, 1.82) is 0 Å². The number of nitrogens with two attached hydrogens (primary N) is 1. The molecule has 0 amide bonds. The summed E-state index contributed by atoms with van der Waals surface area (Å²) in [5, 5.41) is 10.7. The highest BCUT2D eigenvalue weighted by molar-refractivity contribution is 5.46. The Labute approximate surface area is 90.2 Å². The average molecular weight is 228 g/mol. The SMILES string of the molecule is NC1(c2ccccc2[N+](=O)[O-])CC(F)(F)C1. The van der Waals surface area contributed by atoms with Gasteiger partial charge in [0.05, 0.1) is 16.0 Å². The largest absolute Gasteiger partial charge is 0.321 e. The van der Waals surface area contributed by atoms with Gasteiger partial charge in [0.1, 0.15) is 0 Å². The summed E-state index contributed by atoms with van der Waals surface area (Å²) < 4.78 is 25.6. The van der Waals surface area contributed by atoms with Gasteiger partial charge < -0.3 is 5.73 Å². The molecule has 1 aromatic carbocycles. The van der Waals surface area contributed by atoms with Crippen LogP contribution >= 0.6 is 0 Å². The Morgan fingerprint density at radius 3 is 2.38 bits per heavy atom. The normalized spacial score (nSPS) is 21.2. The zero-order valence-corrected chi connectivity index (χ0v) is 8.32. The first-order chi connectivity index (χ1) is 7.34. The lowest BCUT2D eigenvalue weighted by Gasteiger charge is -2.44. The molecule has 0 aliphatic heterocycles. The van der Waals surface area contributed by atoms with Gasteiger partial charge in [0.2, 0.25) is 0 Å². The molecule has 16 heavy (non-hydrogen) atoms. The minimum absolute atomic E-state index is 0.186. The summed E-state index contributed by atoms with van der Waals surface area (Å²) in [5.41, 5.74) is 4.48. The van der Waals surface area contributed by atoms with Crippen molar-refractivity contribution in [1.82, 2.24) is 0 Å². The number of halogens is 2. The van der Waals surface area contributed by atoms with Crippen LogP contribution in [-0.4, -0.2) is 10.8 Å². The second-order valence-corrected chi connectivity index (χ2v) is 4.14. The van der Waals surface area contributed by atoms with Gasteiger partial charge in [-0.25, -0.2) is 8.78 Å². The van der Waals surface area contributed by atoms with E-state index in [2.05, 4.69) is 0 Å². The third-order valence-electron chi connectivity index (χ3n) is 2.79. The van der Waals surface area contributed by atoms with Gasteiger partial charge in [-0.3, -0.25) is 10.1 Å². The smallest absolute Gasteiger partial charge is 0.274 e. The zero-order chi connectivity index (χ0) is 12.0. The number of nitrogens with zero attached hydrogens (tertiary/aromatic N) is 1. The summed E-state index contributed by atoms with van der Waals surface area (Å²) in [4.78, 5) is 10.1. The summed E-state index contributed by atoms with van der Waals surface area (Å²) in [5.74, 6) is -2.81. The Balaban J connectivity index is 2.39. The van der Waals surface area contributed by atoms with Gasteiger partial charge in [-0.1, -0.05) is 18.2 Å². The van der Waals surface area contributed by atoms with E-state index in [0.717, 1.165) is 0 Å². The van der Waals surface area contributed by atoms with Crippen LogP contribution in [-0.2, 0) is 5.54 Å². The molecule has 1 saturated carbocycles. The van der Waals surface area contributed by atoms with Gasteiger partial charge >= 0.3 is 0 Å². The first kappa shape index (κ1) is 10.9. The van der Waals surface area contributed by atoms with Gasteiger partial charge in [-0.2, -0.15) is 0 Å². The topological polar surface area (TPSA) is 69.2 Å². The molecular weight excluding hydrogens is 218 g/mol. The Bertz CT molecular complexity index is 440. The van der Waals surface area contributed by atoms with E-state index in [0.29, 0.717) is 0 Å². The highest BCUT2D eigenvalue weighted by Gasteiger charge is 2.57. The molecule has 0 atom stereocenters. The summed E-state index contributed by atoms with van der Waals surface area (Å²) >= 11 is 0. The highest BCUT2D eigenvalue weighted by Crippen LogP contribution is 2.51. The maximum absolute atomic E-state index is 12.8. The van der Waals surface area contributed by atoms with Crippen LogP contribution in [0.15, 0.2) is 24.3 Å². The number of nitro benzene ring substituents is 1. The number of para-hydroxylation sites is 1. The minimum atomic E-state index is -2.81. The number of alkyl halides is 2. The highest BCUT2D eigenvalue weighted by atomic mass is 19.3. The lowest BCUT2D eigenvalue weighted by molar-refractivity contribution is -0.386. The second-order valence-electron chi connectivity index (χ2n) is 4.14. The Morgan fingerprint density at radius 1 is 1.31 bits per heavy atom. The fraction of sp³-hybridized carbons (Fsp3) is 0.400. The van der Waals surface area contributed by atoms with Crippen LogP contribution in [0.1, 0.15) is 18.4 Å². The molecule has 4 nitrogen and oxygen atoms in total. The summed E-state index contributed by atoms with van der Waals surface area (Å²) in [6.07, 6.45) is -1.07. The number of hydrogen-bond donors (Lipinski definition) is 1. The quantitative estimate of drug-likeness (QED) is 0.623. The van der Waals surface area contributed by atoms with E-state index < -0.39 is 29.2 Å². The first-order valence-electron chi connectivity index (χ1n) is 4.75. The maximum atomic E-state index is 12.8. The molecule has 2 rings (SSSR count). The molecule has 1 aliphatic carbocycles. The van der Waals surface area contributed by atoms with Crippen LogP contribution in [0.3, 0.4) is 0 Å². The van der Waals surface area contributed by atoms with Crippen LogP contribution < -0.4 is 5.73 Å². The van der Waals surface area contributed by atoms with Gasteiger partial charge in [-0.05, 0) is 0 Å². The van der Waals surface area contributed by atoms with Crippen molar-refractivity contribution in [2.45, 2.75) is 24.3 Å². The summed E-state index contributed by atoms with van der Waals surface area (Å²) in [6.45, 7) is 0. The van der Waals surface area contributed by atoms with Gasteiger partial charge in [0.25, 0.3) is 11.6 Å². The molecular formula is C10H10F2N2O2. The van der Waals surface area contributed by atoms with Crippen LogP contribution in [0.4, 0.5) is 14.5 Å². The molecule has 0 heterocycles. The average Bonchev–Trinajstić information content (AvgIpc) is 2.14. The summed E-state index contributed by atoms with van der Waals surface area (Å²) in [7, 11) is 0. The molecule has 0 spiro atoms. The van der Waals surface area contributed by atoms with Gasteiger partial charge in [0.15, 0.2) is 0 Å². The van der Waals surface area contributed by atoms with Crippen molar-refractivity contribution in [3.05, 3.63) is 39.9 Å². The van der Waals surface area contributed by atoms with E-state index in [-0.39, 0.29) is 11.3 Å². The van der Waals surface area contributed by atoms with Crippen molar-refractivity contribution < 1.29 is 13.7 Å². The van der Waals surface area contributed by atoms with Crippen LogP contribution in [0, 0.1) is 10.1 Å². The first-order valence-corrected chi connectivity index (χ1v) is 4.75. The molecule has 0 radical (unpaired) electrons. The molecule has 0 aromatic heterocycles. The molecule has 1 aromatic rings. The van der Waals surface area contributed by atoms with E-state index in [4.69, 9.17) is 5.73 Å². The molecule has 0 unspecified atom stereocenters. The Hall–Kier alpha value is -1.56. The molecule has 0 bridgehead atoms. The van der Waals surface area contributed by atoms with Crippen LogP contribution in [0.5, 0.6) is 0 Å². The predicted molar refractivity (Wildman–Crippen MR) is 53.1 cm³/mol. The minimum Gasteiger partial charge on any atom is -0.321 e. The number of rotatable bonds is 2. The molecule has 86 valence electrons. The van der Waals surface area contributed by atoms with E-state index in [1.807, 2.05) is 0 Å². The van der Waals surface area contributed by atoms with Crippen molar-refractivity contribution in [2.24, 2.45) is 5.73 Å². The number of nitro groups is 1. The van der Waals surface area contributed by atoms with Crippen molar-refractivity contribution >= 4 is 5.69 Å². The van der Waals surface area contributed by atoms with Crippen molar-refractivity contribution in [3.63, 3.8) is 0 Å². The zero-order valence-electron chi connectivity index (χ0n) is 8.32. The fourth-order valence-corrected chi connectivity index (χ4v) is 2.12. The monoisotopic (exact) mass is 228 g/mol. The van der Waals surface area contributed by atoms with Crippen molar-refractivity contribution in [3.8, 4) is 0 Å². The number of benzene rings is 1. The van der Waals surface area contributed by atoms with E-state index in [1.54, 1.807) is 6.07 Å². The molecule has 1 fully saturated rings. The molecule has 0 saturated heterocycles. The third kappa shape index (κ3) is 1.65. The Morgan fingerprint density at radius 2 is 1.88 bits per heavy atom. The predicted octanol–water partition coefficient (Wildman–Crippen LogP) is 2.18. The van der Waals surface area contributed by atoms with Crippen molar-refractivity contribution in [2.75, 3.05) is 0 Å². The second kappa shape index (κ2) is 3.21. The van der Waals surface area contributed by atoms with Gasteiger partial charge in [-0.15, -0.1) is 0 Å². The Kier molecular flexibility index (Phi) is 2.20. The molecule has 2 N–H and O–H groups in total. The fourth-order valence-electron chi connectivity index (χ4n) is 2.12. The van der Waals surface area contributed by atoms with E-state index in [1.165, 1.54) is 18.2 Å². The molecule has 1 aliphatic rings. The molecule has 6 heteroatoms. The lowest BCUT2D eigenvalue weighted by atomic mass is 9.69. The van der Waals surface area contributed by atoms with Gasteiger partial charge in [0, 0.05) is 18.9 Å². The lowest BCUT2D eigenvalue weighted by Crippen LogP contribution is -2.55. The number of hydrogen-bond acceptors (Lipinski definition) is 3. The van der Waals surface area contributed by atoms with Crippen LogP contribution in [0.2, 0.25) is 0 Å². The summed E-state index contributed by atoms with van der Waals surface area (Å²) in [6, 6.07) is 5.77.